The Hall–Kier alpha value is -3.22. The Morgan fingerprint density at radius 3 is 2.52 bits per heavy atom. The van der Waals surface area contributed by atoms with E-state index in [0.717, 1.165) is 34.0 Å². The summed E-state index contributed by atoms with van der Waals surface area (Å²) >= 11 is 0. The van der Waals surface area contributed by atoms with Gasteiger partial charge in [-0.15, -0.1) is 0 Å². The number of carbonyl (C=O) groups excluding carboxylic acids is 1. The number of nitrogens with zero attached hydrogens (tertiary/aromatic N) is 5. The topological polar surface area (TPSA) is 73.1 Å². The van der Waals surface area contributed by atoms with Crippen LogP contribution in [0.4, 0.5) is 4.79 Å². The molecule has 0 radical (unpaired) electrons. The van der Waals surface area contributed by atoms with Crippen molar-refractivity contribution in [1.29, 1.82) is 0 Å². The lowest BCUT2D eigenvalue weighted by molar-refractivity contribution is 0.0241. The van der Waals surface area contributed by atoms with Crippen molar-refractivity contribution in [2.75, 3.05) is 0 Å². The minimum absolute atomic E-state index is 0.341. The van der Waals surface area contributed by atoms with E-state index >= 15 is 0 Å². The minimum Gasteiger partial charge on any atom is -0.444 e. The fourth-order valence-electron chi connectivity index (χ4n) is 3.37. The second-order valence-corrected chi connectivity index (χ2v) is 8.29. The maximum absolute atomic E-state index is 12.6. The number of aromatic nitrogens is 4. The molecule has 0 atom stereocenters. The molecule has 0 saturated carbocycles. The number of hydrogen-bond acceptors (Lipinski definition) is 5. The summed E-state index contributed by atoms with van der Waals surface area (Å²) in [6, 6.07) is 12.1. The number of rotatable bonds is 3. The van der Waals surface area contributed by atoms with Crippen molar-refractivity contribution in [2.45, 2.75) is 45.9 Å². The van der Waals surface area contributed by atoms with Crippen molar-refractivity contribution >= 4 is 6.09 Å². The smallest absolute Gasteiger partial charge is 0.410 e. The number of aryl methyl sites for hydroxylation is 1. The molecule has 1 aliphatic heterocycles. The van der Waals surface area contributed by atoms with Crippen LogP contribution in [-0.4, -0.2) is 36.3 Å². The van der Waals surface area contributed by atoms with Gasteiger partial charge in [0.15, 0.2) is 0 Å². The largest absolute Gasteiger partial charge is 0.444 e. The Labute approximate surface area is 170 Å². The molecule has 1 aliphatic rings. The molecule has 4 rings (SSSR count). The molecule has 0 fully saturated rings. The van der Waals surface area contributed by atoms with E-state index in [1.165, 1.54) is 0 Å². The average molecular weight is 391 g/mol. The van der Waals surface area contributed by atoms with Crippen LogP contribution < -0.4 is 0 Å². The third kappa shape index (κ3) is 4.29. The van der Waals surface area contributed by atoms with E-state index in [0.29, 0.717) is 19.5 Å². The summed E-state index contributed by atoms with van der Waals surface area (Å²) < 4.78 is 7.30. The first-order valence-corrected chi connectivity index (χ1v) is 9.69. The van der Waals surface area contributed by atoms with Gasteiger partial charge in [-0.25, -0.2) is 14.8 Å². The third-order valence-corrected chi connectivity index (χ3v) is 4.64. The van der Waals surface area contributed by atoms with Gasteiger partial charge in [-0.05, 0) is 32.4 Å². The highest BCUT2D eigenvalue weighted by atomic mass is 16.6. The zero-order valence-electron chi connectivity index (χ0n) is 17.2. The lowest BCUT2D eigenvalue weighted by atomic mass is 10.1. The number of hydrogen-bond donors (Lipinski definition) is 0. The molecular weight excluding hydrogens is 366 g/mol. The van der Waals surface area contributed by atoms with Gasteiger partial charge in [-0.1, -0.05) is 30.3 Å². The van der Waals surface area contributed by atoms with Gasteiger partial charge in [0, 0.05) is 25.2 Å². The molecule has 3 aromatic rings. The van der Waals surface area contributed by atoms with Gasteiger partial charge in [0.05, 0.1) is 24.5 Å². The van der Waals surface area contributed by atoms with Crippen molar-refractivity contribution in [3.8, 4) is 11.4 Å². The maximum Gasteiger partial charge on any atom is 0.410 e. The molecule has 2 aromatic heterocycles. The number of ether oxygens (including phenoxy) is 1. The van der Waals surface area contributed by atoms with Gasteiger partial charge in [0.2, 0.25) is 0 Å². The van der Waals surface area contributed by atoms with E-state index in [1.54, 1.807) is 9.58 Å². The van der Waals surface area contributed by atoms with Crippen molar-refractivity contribution in [3.05, 3.63) is 65.2 Å². The van der Waals surface area contributed by atoms with Gasteiger partial charge in [0.25, 0.3) is 0 Å². The maximum atomic E-state index is 12.6. The predicted molar refractivity (Wildman–Crippen MR) is 109 cm³/mol. The summed E-state index contributed by atoms with van der Waals surface area (Å²) in [6.45, 7) is 6.43. The van der Waals surface area contributed by atoms with Gasteiger partial charge in [-0.3, -0.25) is 9.58 Å². The summed E-state index contributed by atoms with van der Waals surface area (Å²) in [5, 5.41) is 4.53. The van der Waals surface area contributed by atoms with E-state index < -0.39 is 5.60 Å². The summed E-state index contributed by atoms with van der Waals surface area (Å²) in [6.07, 6.45) is 2.17. The molecule has 150 valence electrons. The molecule has 0 aliphatic carbocycles. The molecule has 0 bridgehead atoms. The van der Waals surface area contributed by atoms with Crippen LogP contribution in [0.1, 0.15) is 43.4 Å². The molecule has 1 aromatic carbocycles. The van der Waals surface area contributed by atoms with Gasteiger partial charge < -0.3 is 4.74 Å². The number of carbonyl (C=O) groups is 1. The summed E-state index contributed by atoms with van der Waals surface area (Å²) in [5.74, 6) is 0.724. The molecule has 3 heterocycles. The van der Waals surface area contributed by atoms with Gasteiger partial charge >= 0.3 is 6.09 Å². The van der Waals surface area contributed by atoms with Gasteiger partial charge in [-0.2, -0.15) is 5.10 Å². The standard InChI is InChI=1S/C22H25N5O2/c1-22(2,3)29-21(28)27-13-16-18(14-27)23-19(12-15-8-6-5-7-9-15)24-20(16)17-10-11-26(4)25-17/h5-11H,12-14H2,1-4H3. The van der Waals surface area contributed by atoms with Crippen LogP contribution in [0.5, 0.6) is 0 Å². The summed E-state index contributed by atoms with van der Waals surface area (Å²) in [4.78, 5) is 23.9. The molecule has 0 N–H and O–H groups in total. The van der Waals surface area contributed by atoms with Crippen molar-refractivity contribution in [3.63, 3.8) is 0 Å². The first-order valence-electron chi connectivity index (χ1n) is 9.69. The van der Waals surface area contributed by atoms with Crippen LogP contribution in [0.15, 0.2) is 42.6 Å². The molecular formula is C22H25N5O2. The third-order valence-electron chi connectivity index (χ3n) is 4.64. The highest BCUT2D eigenvalue weighted by molar-refractivity contribution is 5.71. The van der Waals surface area contributed by atoms with Crippen LogP contribution in [0.3, 0.4) is 0 Å². The predicted octanol–water partition coefficient (Wildman–Crippen LogP) is 3.72. The zero-order valence-corrected chi connectivity index (χ0v) is 17.2. The quantitative estimate of drug-likeness (QED) is 0.680. The monoisotopic (exact) mass is 391 g/mol. The lowest BCUT2D eigenvalue weighted by Crippen LogP contribution is -2.33. The van der Waals surface area contributed by atoms with Crippen LogP contribution in [0, 0.1) is 0 Å². The highest BCUT2D eigenvalue weighted by Gasteiger charge is 2.32. The van der Waals surface area contributed by atoms with E-state index in [4.69, 9.17) is 14.7 Å². The Bertz CT molecular complexity index is 1040. The van der Waals surface area contributed by atoms with E-state index in [2.05, 4.69) is 17.2 Å². The molecule has 7 nitrogen and oxygen atoms in total. The molecule has 0 unspecified atom stereocenters. The zero-order chi connectivity index (χ0) is 20.6. The van der Waals surface area contributed by atoms with Crippen LogP contribution in [-0.2, 0) is 31.3 Å². The Morgan fingerprint density at radius 2 is 1.86 bits per heavy atom. The molecule has 0 spiro atoms. The van der Waals surface area contributed by atoms with Crippen LogP contribution in [0.2, 0.25) is 0 Å². The van der Waals surface area contributed by atoms with Crippen molar-refractivity contribution in [2.24, 2.45) is 7.05 Å². The normalized spacial score (nSPS) is 13.4. The van der Waals surface area contributed by atoms with Gasteiger partial charge in [0.1, 0.15) is 17.1 Å². The fraction of sp³-hybridized carbons (Fsp3) is 0.364. The molecule has 1 amide bonds. The van der Waals surface area contributed by atoms with E-state index in [-0.39, 0.29) is 6.09 Å². The minimum atomic E-state index is -0.542. The number of fused-ring (bicyclic) bond motifs is 1. The average Bonchev–Trinajstić information content (AvgIpc) is 3.27. The first-order chi connectivity index (χ1) is 13.8. The van der Waals surface area contributed by atoms with E-state index in [9.17, 15) is 4.79 Å². The summed E-state index contributed by atoms with van der Waals surface area (Å²) in [7, 11) is 1.88. The SMILES string of the molecule is Cn1ccc(-c2nc(Cc3ccccc3)nc3c2CN(C(=O)OC(C)(C)C)C3)n1. The second kappa shape index (κ2) is 7.31. The molecule has 7 heteroatoms. The Kier molecular flexibility index (Phi) is 4.82. The highest BCUT2D eigenvalue weighted by Crippen LogP contribution is 2.31. The summed E-state index contributed by atoms with van der Waals surface area (Å²) in [5.41, 5.74) is 3.96. The number of amides is 1. The van der Waals surface area contributed by atoms with E-state index in [1.807, 2.05) is 58.3 Å². The Balaban J connectivity index is 1.69. The van der Waals surface area contributed by atoms with Crippen molar-refractivity contribution < 1.29 is 9.53 Å². The van der Waals surface area contributed by atoms with Crippen LogP contribution >= 0.6 is 0 Å². The number of benzene rings is 1. The first kappa shape index (κ1) is 19.1. The molecule has 0 saturated heterocycles. The fourth-order valence-corrected chi connectivity index (χ4v) is 3.37. The lowest BCUT2D eigenvalue weighted by Gasteiger charge is -2.24. The Morgan fingerprint density at radius 1 is 1.10 bits per heavy atom. The molecule has 29 heavy (non-hydrogen) atoms. The van der Waals surface area contributed by atoms with Crippen LogP contribution in [0.25, 0.3) is 11.4 Å². The second-order valence-electron chi connectivity index (χ2n) is 8.29. The van der Waals surface area contributed by atoms with Crippen molar-refractivity contribution in [1.82, 2.24) is 24.6 Å².